The number of nitrogens with zero attached hydrogens (tertiary/aromatic N) is 4. The van der Waals surface area contributed by atoms with Gasteiger partial charge in [0.15, 0.2) is 11.5 Å². The molecule has 0 saturated heterocycles. The molecule has 0 aliphatic carbocycles. The molecular weight excluding hydrogens is 292 g/mol. The van der Waals surface area contributed by atoms with Gasteiger partial charge in [-0.2, -0.15) is 0 Å². The molecule has 1 amide bonds. The number of carbonyl (C=O) groups is 1. The summed E-state index contributed by atoms with van der Waals surface area (Å²) in [5.74, 6) is -0.00347. The monoisotopic (exact) mass is 310 g/mol. The quantitative estimate of drug-likeness (QED) is 0.754. The van der Waals surface area contributed by atoms with E-state index in [1.54, 1.807) is 17.1 Å². The highest BCUT2D eigenvalue weighted by atomic mass is 16.2. The van der Waals surface area contributed by atoms with Crippen LogP contribution in [0.3, 0.4) is 0 Å². The Morgan fingerprint density at radius 1 is 1.35 bits per heavy atom. The minimum atomic E-state index is -0.393. The second kappa shape index (κ2) is 6.43. The first-order valence-corrected chi connectivity index (χ1v) is 7.53. The highest BCUT2D eigenvalue weighted by molar-refractivity contribution is 6.10. The van der Waals surface area contributed by atoms with Crippen LogP contribution in [0.1, 0.15) is 30.3 Å². The lowest BCUT2D eigenvalue weighted by Crippen LogP contribution is -2.16. The lowest BCUT2D eigenvalue weighted by atomic mass is 10.1. The summed E-state index contributed by atoms with van der Waals surface area (Å²) in [7, 11) is 0. The Morgan fingerprint density at radius 2 is 2.17 bits per heavy atom. The number of aryl methyl sites for hydroxylation is 1. The van der Waals surface area contributed by atoms with Gasteiger partial charge in [0.25, 0.3) is 5.91 Å². The Bertz CT molecular complexity index is 841. The number of aromatic nitrogens is 4. The number of amides is 1. The average molecular weight is 310 g/mol. The highest BCUT2D eigenvalue weighted by Crippen LogP contribution is 2.23. The van der Waals surface area contributed by atoms with Gasteiger partial charge in [0.1, 0.15) is 0 Å². The summed E-state index contributed by atoms with van der Waals surface area (Å²) in [4.78, 5) is 16.5. The standard InChI is InChI=1S/C16H18N6O/c1-2-3-8-22-10-13(20-21-22)19-16(23)15-14(17)12-7-5-4-6-11(12)9-18-15/h4-7,9-10H,2-3,8,17H2,1H3,(H,19,23). The van der Waals surface area contributed by atoms with Crippen molar-refractivity contribution in [3.63, 3.8) is 0 Å². The first-order chi connectivity index (χ1) is 11.2. The molecule has 0 radical (unpaired) electrons. The molecule has 7 nitrogen and oxygen atoms in total. The van der Waals surface area contributed by atoms with E-state index >= 15 is 0 Å². The molecule has 2 aromatic heterocycles. The molecule has 0 atom stereocenters. The number of nitrogens with two attached hydrogens (primary N) is 1. The van der Waals surface area contributed by atoms with Crippen LogP contribution in [-0.2, 0) is 6.54 Å². The molecule has 3 rings (SSSR count). The molecule has 0 aliphatic heterocycles. The third-order valence-electron chi connectivity index (χ3n) is 3.57. The minimum Gasteiger partial charge on any atom is -0.396 e. The molecule has 0 fully saturated rings. The number of pyridine rings is 1. The largest absolute Gasteiger partial charge is 0.396 e. The number of nitrogens with one attached hydrogen (secondary N) is 1. The Kier molecular flexibility index (Phi) is 4.18. The van der Waals surface area contributed by atoms with E-state index in [0.717, 1.165) is 30.2 Å². The third kappa shape index (κ3) is 3.13. The summed E-state index contributed by atoms with van der Waals surface area (Å²) in [6.07, 6.45) is 5.42. The summed E-state index contributed by atoms with van der Waals surface area (Å²) >= 11 is 0. The highest BCUT2D eigenvalue weighted by Gasteiger charge is 2.15. The maximum absolute atomic E-state index is 12.4. The zero-order chi connectivity index (χ0) is 16.2. The molecular formula is C16H18N6O. The number of anilines is 2. The first kappa shape index (κ1) is 15.0. The summed E-state index contributed by atoms with van der Waals surface area (Å²) in [6, 6.07) is 7.54. The van der Waals surface area contributed by atoms with Gasteiger partial charge in [-0.25, -0.2) is 4.98 Å². The van der Waals surface area contributed by atoms with Crippen LogP contribution in [0, 0.1) is 0 Å². The van der Waals surface area contributed by atoms with Gasteiger partial charge in [-0.3, -0.25) is 9.48 Å². The number of hydrogen-bond acceptors (Lipinski definition) is 5. The van der Waals surface area contributed by atoms with Gasteiger partial charge in [-0.05, 0) is 6.42 Å². The Morgan fingerprint density at radius 3 is 3.00 bits per heavy atom. The second-order valence-electron chi connectivity index (χ2n) is 5.28. The topological polar surface area (TPSA) is 98.7 Å². The van der Waals surface area contributed by atoms with Crippen LogP contribution in [0.2, 0.25) is 0 Å². The van der Waals surface area contributed by atoms with Crippen LogP contribution in [0.25, 0.3) is 10.8 Å². The average Bonchev–Trinajstić information content (AvgIpc) is 3.00. The van der Waals surface area contributed by atoms with E-state index in [0.29, 0.717) is 11.5 Å². The van der Waals surface area contributed by atoms with Crippen molar-refractivity contribution in [2.45, 2.75) is 26.3 Å². The van der Waals surface area contributed by atoms with Crippen molar-refractivity contribution >= 4 is 28.2 Å². The molecule has 7 heteroatoms. The van der Waals surface area contributed by atoms with Crippen molar-refractivity contribution in [3.05, 3.63) is 42.4 Å². The van der Waals surface area contributed by atoms with Crippen LogP contribution in [0.15, 0.2) is 36.7 Å². The van der Waals surface area contributed by atoms with Crippen LogP contribution >= 0.6 is 0 Å². The fourth-order valence-corrected chi connectivity index (χ4v) is 2.33. The SMILES string of the molecule is CCCCn1cc(NC(=O)c2ncc3ccccc3c2N)nn1. The van der Waals surface area contributed by atoms with Crippen molar-refractivity contribution in [1.29, 1.82) is 0 Å². The van der Waals surface area contributed by atoms with E-state index in [2.05, 4.69) is 27.5 Å². The van der Waals surface area contributed by atoms with E-state index < -0.39 is 5.91 Å². The zero-order valence-electron chi connectivity index (χ0n) is 12.9. The fourth-order valence-electron chi connectivity index (χ4n) is 2.33. The van der Waals surface area contributed by atoms with Crippen LogP contribution in [0.4, 0.5) is 11.5 Å². The molecule has 0 bridgehead atoms. The zero-order valence-corrected chi connectivity index (χ0v) is 12.9. The molecule has 3 N–H and O–H groups in total. The number of nitrogen functional groups attached to an aromatic ring is 1. The lowest BCUT2D eigenvalue weighted by Gasteiger charge is -2.07. The summed E-state index contributed by atoms with van der Waals surface area (Å²) in [5, 5.41) is 12.3. The van der Waals surface area contributed by atoms with Crippen LogP contribution < -0.4 is 11.1 Å². The third-order valence-corrected chi connectivity index (χ3v) is 3.57. The van der Waals surface area contributed by atoms with E-state index in [9.17, 15) is 4.79 Å². The fraction of sp³-hybridized carbons (Fsp3) is 0.250. The van der Waals surface area contributed by atoms with E-state index in [4.69, 9.17) is 5.73 Å². The molecule has 1 aromatic carbocycles. The summed E-state index contributed by atoms with van der Waals surface area (Å²) in [6.45, 7) is 2.88. The Balaban J connectivity index is 1.80. The van der Waals surface area contributed by atoms with Gasteiger partial charge in [0.05, 0.1) is 11.9 Å². The van der Waals surface area contributed by atoms with Crippen molar-refractivity contribution in [3.8, 4) is 0 Å². The number of fused-ring (bicyclic) bond motifs is 1. The van der Waals surface area contributed by atoms with Gasteiger partial charge in [-0.15, -0.1) is 5.10 Å². The van der Waals surface area contributed by atoms with E-state index in [1.807, 2.05) is 24.3 Å². The van der Waals surface area contributed by atoms with Crippen molar-refractivity contribution < 1.29 is 4.79 Å². The van der Waals surface area contributed by atoms with Gasteiger partial charge in [0.2, 0.25) is 0 Å². The normalized spacial score (nSPS) is 10.8. The van der Waals surface area contributed by atoms with Gasteiger partial charge in [0, 0.05) is 23.5 Å². The van der Waals surface area contributed by atoms with E-state index in [1.165, 1.54) is 0 Å². The molecule has 23 heavy (non-hydrogen) atoms. The van der Waals surface area contributed by atoms with Crippen LogP contribution in [0.5, 0.6) is 0 Å². The van der Waals surface area contributed by atoms with Gasteiger partial charge < -0.3 is 11.1 Å². The number of carbonyl (C=O) groups excluding carboxylic acids is 1. The minimum absolute atomic E-state index is 0.187. The molecule has 0 saturated carbocycles. The summed E-state index contributed by atoms with van der Waals surface area (Å²) in [5.41, 5.74) is 6.63. The van der Waals surface area contributed by atoms with Gasteiger partial charge >= 0.3 is 0 Å². The maximum atomic E-state index is 12.4. The lowest BCUT2D eigenvalue weighted by molar-refractivity contribution is 0.102. The van der Waals surface area contributed by atoms with Gasteiger partial charge in [-0.1, -0.05) is 42.8 Å². The van der Waals surface area contributed by atoms with Crippen molar-refractivity contribution in [2.75, 3.05) is 11.1 Å². The van der Waals surface area contributed by atoms with E-state index in [-0.39, 0.29) is 5.69 Å². The van der Waals surface area contributed by atoms with Crippen LogP contribution in [-0.4, -0.2) is 25.9 Å². The number of unbranched alkanes of at least 4 members (excludes halogenated alkanes) is 1. The number of rotatable bonds is 5. The smallest absolute Gasteiger partial charge is 0.277 e. The maximum Gasteiger partial charge on any atom is 0.277 e. The second-order valence-corrected chi connectivity index (χ2v) is 5.28. The molecule has 0 spiro atoms. The Labute approximate surface area is 133 Å². The number of hydrogen-bond donors (Lipinski definition) is 2. The predicted octanol–water partition coefficient (Wildman–Crippen LogP) is 2.46. The molecule has 0 unspecified atom stereocenters. The van der Waals surface area contributed by atoms with Crippen molar-refractivity contribution in [1.82, 2.24) is 20.0 Å². The molecule has 3 aromatic rings. The number of benzene rings is 1. The van der Waals surface area contributed by atoms with Crippen molar-refractivity contribution in [2.24, 2.45) is 0 Å². The Hall–Kier alpha value is -2.96. The molecule has 118 valence electrons. The summed E-state index contributed by atoms with van der Waals surface area (Å²) < 4.78 is 1.70. The predicted molar refractivity (Wildman–Crippen MR) is 89.0 cm³/mol. The first-order valence-electron chi connectivity index (χ1n) is 7.53. The molecule has 0 aliphatic rings. The molecule has 2 heterocycles.